The predicted octanol–water partition coefficient (Wildman–Crippen LogP) is 5.17. The molecule has 3 aromatic rings. The van der Waals surface area contributed by atoms with Crippen molar-refractivity contribution in [3.05, 3.63) is 53.3 Å². The van der Waals surface area contributed by atoms with E-state index < -0.39 is 11.9 Å². The molecule has 0 aliphatic carbocycles. The van der Waals surface area contributed by atoms with Crippen molar-refractivity contribution in [2.45, 2.75) is 33.0 Å². The van der Waals surface area contributed by atoms with Crippen LogP contribution in [-0.4, -0.2) is 20.7 Å². The van der Waals surface area contributed by atoms with E-state index >= 15 is 0 Å². The number of carbonyl (C=O) groups excluding carboxylic acids is 1. The summed E-state index contributed by atoms with van der Waals surface area (Å²) >= 11 is 1.10. The van der Waals surface area contributed by atoms with Crippen LogP contribution in [0.2, 0.25) is 0 Å². The van der Waals surface area contributed by atoms with Crippen LogP contribution in [0, 0.1) is 6.92 Å². The van der Waals surface area contributed by atoms with Crippen molar-refractivity contribution in [1.82, 2.24) is 14.8 Å². The summed E-state index contributed by atoms with van der Waals surface area (Å²) in [4.78, 5) is 16.9. The Morgan fingerprint density at radius 3 is 2.48 bits per heavy atom. The highest BCUT2D eigenvalue weighted by Gasteiger charge is 2.35. The highest BCUT2D eigenvalue weighted by Crippen LogP contribution is 2.36. The molecule has 0 atom stereocenters. The normalized spacial score (nSPS) is 11.8. The topological polar surface area (TPSA) is 59.8 Å². The minimum atomic E-state index is -4.53. The smallest absolute Gasteiger partial charge is 0.298 e. The zero-order valence-electron chi connectivity index (χ0n) is 14.8. The number of halogens is 3. The number of hydrogen-bond donors (Lipinski definition) is 1. The monoisotopic (exact) mass is 394 g/mol. The SMILES string of the molecule is Cc1ccc(C(=O)Nc2ncc(-c3cc(C(F)(F)F)nn3C(C)C)s2)cc1. The van der Waals surface area contributed by atoms with Gasteiger partial charge >= 0.3 is 6.18 Å². The fourth-order valence-corrected chi connectivity index (χ4v) is 3.26. The third kappa shape index (κ3) is 4.19. The largest absolute Gasteiger partial charge is 0.435 e. The molecule has 0 saturated carbocycles. The van der Waals surface area contributed by atoms with Gasteiger partial charge in [0.2, 0.25) is 0 Å². The summed E-state index contributed by atoms with van der Waals surface area (Å²) in [5.41, 5.74) is 0.866. The van der Waals surface area contributed by atoms with Gasteiger partial charge in [-0.1, -0.05) is 29.0 Å². The molecule has 0 spiro atoms. The van der Waals surface area contributed by atoms with Crippen LogP contribution in [0.1, 0.15) is 41.5 Å². The first-order valence-corrected chi connectivity index (χ1v) is 8.98. The molecule has 1 amide bonds. The van der Waals surface area contributed by atoms with E-state index in [-0.39, 0.29) is 11.9 Å². The molecule has 0 fully saturated rings. The highest BCUT2D eigenvalue weighted by molar-refractivity contribution is 7.19. The highest BCUT2D eigenvalue weighted by atomic mass is 32.1. The van der Waals surface area contributed by atoms with Crippen LogP contribution in [0.25, 0.3) is 10.6 Å². The Bertz CT molecular complexity index is 958. The van der Waals surface area contributed by atoms with E-state index in [1.54, 1.807) is 26.0 Å². The molecule has 0 aliphatic rings. The molecule has 2 aromatic heterocycles. The van der Waals surface area contributed by atoms with Gasteiger partial charge in [0.1, 0.15) is 0 Å². The van der Waals surface area contributed by atoms with Gasteiger partial charge in [0.05, 0.1) is 10.6 Å². The van der Waals surface area contributed by atoms with Gasteiger partial charge < -0.3 is 0 Å². The Kier molecular flexibility index (Phi) is 5.05. The number of nitrogens with one attached hydrogen (secondary N) is 1. The maximum absolute atomic E-state index is 13.0. The number of anilines is 1. The maximum atomic E-state index is 13.0. The van der Waals surface area contributed by atoms with E-state index in [1.165, 1.54) is 10.9 Å². The van der Waals surface area contributed by atoms with Crippen LogP contribution in [0.15, 0.2) is 36.5 Å². The molecule has 0 aliphatic heterocycles. The van der Waals surface area contributed by atoms with Crippen LogP contribution in [0.3, 0.4) is 0 Å². The quantitative estimate of drug-likeness (QED) is 0.664. The van der Waals surface area contributed by atoms with Gasteiger partial charge in [0.25, 0.3) is 5.91 Å². The number of rotatable bonds is 4. The molecule has 5 nitrogen and oxygen atoms in total. The van der Waals surface area contributed by atoms with Crippen molar-refractivity contribution < 1.29 is 18.0 Å². The maximum Gasteiger partial charge on any atom is 0.435 e. The summed E-state index contributed by atoms with van der Waals surface area (Å²) < 4.78 is 40.3. The first-order valence-electron chi connectivity index (χ1n) is 8.16. The second kappa shape index (κ2) is 7.15. The van der Waals surface area contributed by atoms with Gasteiger partial charge in [-0.15, -0.1) is 0 Å². The molecule has 1 N–H and O–H groups in total. The molecular formula is C18H17F3N4OS. The number of carbonyl (C=O) groups is 1. The van der Waals surface area contributed by atoms with Crippen LogP contribution < -0.4 is 5.32 Å². The van der Waals surface area contributed by atoms with Crippen molar-refractivity contribution in [3.63, 3.8) is 0 Å². The standard InChI is InChI=1S/C18H17F3N4OS/c1-10(2)25-13(8-15(24-25)18(19,20)21)14-9-22-17(27-14)23-16(26)12-6-4-11(3)5-7-12/h4-10H,1-3H3,(H,22,23,26). The second-order valence-electron chi connectivity index (χ2n) is 6.30. The van der Waals surface area contributed by atoms with Crippen LogP contribution in [0.4, 0.5) is 18.3 Å². The Morgan fingerprint density at radius 1 is 1.22 bits per heavy atom. The molecule has 0 bridgehead atoms. The van der Waals surface area contributed by atoms with E-state index in [0.717, 1.165) is 23.0 Å². The first kappa shape index (κ1) is 19.1. The molecule has 0 unspecified atom stereocenters. The van der Waals surface area contributed by atoms with Crippen LogP contribution >= 0.6 is 11.3 Å². The zero-order chi connectivity index (χ0) is 19.8. The Labute approximate surface area is 157 Å². The van der Waals surface area contributed by atoms with Gasteiger partial charge in [-0.2, -0.15) is 18.3 Å². The summed E-state index contributed by atoms with van der Waals surface area (Å²) in [7, 11) is 0. The van der Waals surface area contributed by atoms with E-state index in [4.69, 9.17) is 0 Å². The number of aromatic nitrogens is 3. The number of nitrogens with zero attached hydrogens (tertiary/aromatic N) is 3. The van der Waals surface area contributed by atoms with Crippen LogP contribution in [0.5, 0.6) is 0 Å². The van der Waals surface area contributed by atoms with Gasteiger partial charge in [-0.05, 0) is 39.0 Å². The minimum absolute atomic E-state index is 0.260. The molecule has 142 valence electrons. The summed E-state index contributed by atoms with van der Waals surface area (Å²) in [5, 5.41) is 6.64. The summed E-state index contributed by atoms with van der Waals surface area (Å²) in [6, 6.07) is 7.78. The number of amides is 1. The Morgan fingerprint density at radius 2 is 1.89 bits per heavy atom. The van der Waals surface area contributed by atoms with Crippen molar-refractivity contribution in [2.24, 2.45) is 0 Å². The van der Waals surface area contributed by atoms with E-state index in [9.17, 15) is 18.0 Å². The molecule has 27 heavy (non-hydrogen) atoms. The molecule has 9 heteroatoms. The average molecular weight is 394 g/mol. The average Bonchev–Trinajstić information content (AvgIpc) is 3.21. The van der Waals surface area contributed by atoms with Crippen molar-refractivity contribution in [1.29, 1.82) is 0 Å². The number of alkyl halides is 3. The summed E-state index contributed by atoms with van der Waals surface area (Å²) in [6.45, 7) is 5.41. The lowest BCUT2D eigenvalue weighted by molar-refractivity contribution is -0.141. The van der Waals surface area contributed by atoms with E-state index in [0.29, 0.717) is 21.3 Å². The molecule has 1 aromatic carbocycles. The minimum Gasteiger partial charge on any atom is -0.298 e. The predicted molar refractivity (Wildman–Crippen MR) is 97.9 cm³/mol. The Balaban J connectivity index is 1.86. The molecule has 0 saturated heterocycles. The van der Waals surface area contributed by atoms with E-state index in [2.05, 4.69) is 15.4 Å². The zero-order valence-corrected chi connectivity index (χ0v) is 15.6. The third-order valence-corrected chi connectivity index (χ3v) is 4.74. The molecular weight excluding hydrogens is 377 g/mol. The second-order valence-corrected chi connectivity index (χ2v) is 7.33. The van der Waals surface area contributed by atoms with E-state index in [1.807, 2.05) is 19.1 Å². The lowest BCUT2D eigenvalue weighted by Crippen LogP contribution is -2.11. The van der Waals surface area contributed by atoms with Gasteiger partial charge in [0, 0.05) is 17.8 Å². The lowest BCUT2D eigenvalue weighted by Gasteiger charge is -2.09. The number of aryl methyl sites for hydroxylation is 1. The fraction of sp³-hybridized carbons (Fsp3) is 0.278. The number of benzene rings is 1. The fourth-order valence-electron chi connectivity index (χ4n) is 2.44. The molecule has 0 radical (unpaired) electrons. The Hall–Kier alpha value is -2.68. The van der Waals surface area contributed by atoms with Gasteiger partial charge in [-0.25, -0.2) is 4.98 Å². The number of thiazole rings is 1. The lowest BCUT2D eigenvalue weighted by atomic mass is 10.1. The third-order valence-electron chi connectivity index (χ3n) is 3.81. The van der Waals surface area contributed by atoms with Gasteiger partial charge in [-0.3, -0.25) is 14.8 Å². The summed E-state index contributed by atoms with van der Waals surface area (Å²) in [6.07, 6.45) is -3.09. The van der Waals surface area contributed by atoms with Gasteiger partial charge in [0.15, 0.2) is 10.8 Å². The van der Waals surface area contributed by atoms with Crippen molar-refractivity contribution >= 4 is 22.4 Å². The first-order chi connectivity index (χ1) is 12.6. The molecule has 3 rings (SSSR count). The van der Waals surface area contributed by atoms with Crippen molar-refractivity contribution in [2.75, 3.05) is 5.32 Å². The van der Waals surface area contributed by atoms with Crippen LogP contribution in [-0.2, 0) is 6.18 Å². The number of hydrogen-bond acceptors (Lipinski definition) is 4. The molecule has 2 heterocycles. The van der Waals surface area contributed by atoms with Crippen molar-refractivity contribution in [3.8, 4) is 10.6 Å². The summed E-state index contributed by atoms with van der Waals surface area (Å²) in [5.74, 6) is -0.329.